The van der Waals surface area contributed by atoms with Crippen LogP contribution in [0.4, 0.5) is 14.5 Å². The van der Waals surface area contributed by atoms with E-state index >= 15 is 8.78 Å². The lowest BCUT2D eigenvalue weighted by Crippen LogP contribution is -2.54. The maximum atomic E-state index is 15.5. The molecule has 8 nitrogen and oxygen atoms in total. The van der Waals surface area contributed by atoms with Crippen molar-refractivity contribution in [2.75, 3.05) is 30.9 Å². The molecule has 2 saturated heterocycles. The number of anilines is 1. The molecule has 1 aromatic carbocycles. The monoisotopic (exact) mass is 442 g/mol. The third-order valence-electron chi connectivity index (χ3n) is 5.05. The number of nitrogens with one attached hydrogen (secondary N) is 1. The van der Waals surface area contributed by atoms with Crippen LogP contribution < -0.4 is 10.2 Å². The van der Waals surface area contributed by atoms with Gasteiger partial charge in [0.2, 0.25) is 11.8 Å². The summed E-state index contributed by atoms with van der Waals surface area (Å²) in [6.45, 7) is -9.94. The quantitative estimate of drug-likeness (QED) is 0.695. The molecule has 1 N–H and O–H groups in total. The summed E-state index contributed by atoms with van der Waals surface area (Å²) in [7, 11) is 0. The van der Waals surface area contributed by atoms with Crippen LogP contribution in [0.25, 0.3) is 0 Å². The van der Waals surface area contributed by atoms with E-state index < -0.39 is 89.6 Å². The number of rotatable bonds is 2. The van der Waals surface area contributed by atoms with Gasteiger partial charge in [0, 0.05) is 43.4 Å². The Kier molecular flexibility index (Phi) is 3.21. The molecule has 31 heavy (non-hydrogen) atoms. The highest BCUT2D eigenvalue weighted by molar-refractivity contribution is 6.24. The minimum absolute atomic E-state index is 0.243. The highest BCUT2D eigenvalue weighted by Gasteiger charge is 2.47. The zero-order valence-corrected chi connectivity index (χ0v) is 16.8. The number of piperidine rings is 1. The van der Waals surface area contributed by atoms with Crippen LogP contribution in [0.5, 0.6) is 0 Å². The predicted octanol–water partition coefficient (Wildman–Crippen LogP) is 1.29. The van der Waals surface area contributed by atoms with Crippen molar-refractivity contribution in [1.29, 1.82) is 0 Å². The number of hydrogen-bond donors (Lipinski definition) is 1. The molecule has 0 unspecified atom stereocenters. The van der Waals surface area contributed by atoms with Crippen LogP contribution in [0.15, 0.2) is 6.07 Å². The number of carbonyl (C=O) groups excluding carboxylic acids is 4. The minimum Gasteiger partial charge on any atom is -0.366 e. The van der Waals surface area contributed by atoms with E-state index in [1.54, 1.807) is 0 Å². The molecule has 4 rings (SSSR count). The molecular weight excluding hydrogens is 410 g/mol. The maximum absolute atomic E-state index is 15.5. The van der Waals surface area contributed by atoms with Crippen LogP contribution in [-0.4, -0.2) is 71.0 Å². The fraction of sp³-hybridized carbons (Fsp3) is 0.524. The van der Waals surface area contributed by atoms with Gasteiger partial charge in [-0.15, -0.1) is 0 Å². The largest absolute Gasteiger partial charge is 0.366 e. The first kappa shape index (κ1) is 13.5. The Balaban J connectivity index is 1.92. The molecule has 1 atom stereocenters. The van der Waals surface area contributed by atoms with Gasteiger partial charge in [0.1, 0.15) is 6.04 Å². The summed E-state index contributed by atoms with van der Waals surface area (Å²) in [5, 5.41) is 1.93. The molecule has 0 spiro atoms. The molecule has 0 bridgehead atoms. The maximum Gasteiger partial charge on any atom is 0.265 e. The highest BCUT2D eigenvalue weighted by Crippen LogP contribution is 2.35. The Hall–Kier alpha value is -2.88. The second-order valence-electron chi connectivity index (χ2n) is 8.18. The average Bonchev–Trinajstić information content (AvgIpc) is 2.99. The molecule has 3 aliphatic rings. The highest BCUT2D eigenvalue weighted by atomic mass is 19.2. The van der Waals surface area contributed by atoms with Crippen molar-refractivity contribution in [3.05, 3.63) is 28.8 Å². The van der Waals surface area contributed by atoms with E-state index in [1.165, 1.54) is 20.8 Å². The van der Waals surface area contributed by atoms with Crippen molar-refractivity contribution in [3.63, 3.8) is 0 Å². The van der Waals surface area contributed by atoms with Crippen molar-refractivity contribution in [2.24, 2.45) is 0 Å². The number of piperazine rings is 1. The molecule has 0 aromatic heterocycles. The van der Waals surface area contributed by atoms with E-state index in [4.69, 9.17) is 11.0 Å². The van der Waals surface area contributed by atoms with Crippen molar-refractivity contribution in [1.82, 2.24) is 15.1 Å². The smallest absolute Gasteiger partial charge is 0.265 e. The zero-order chi connectivity index (χ0) is 29.8. The van der Waals surface area contributed by atoms with Crippen LogP contribution in [0.2, 0.25) is 0 Å². The molecular formula is C21H24F2N4O4. The SMILES string of the molecule is [2H]C1([2H])N(c2cc3c(c(F)c2F)C(=O)N([C@@H]2CCC(=O)NC2=O)C3=O)C([2H])([2H])C([2H])([2H])N(C(C)(C)C)C1([2H])[2H]. The first-order valence-electron chi connectivity index (χ1n) is 13.4. The van der Waals surface area contributed by atoms with Gasteiger partial charge in [-0.05, 0) is 33.3 Å². The number of carbonyl (C=O) groups is 4. The van der Waals surface area contributed by atoms with Gasteiger partial charge in [-0.3, -0.25) is 34.3 Å². The molecule has 4 amide bonds. The summed E-state index contributed by atoms with van der Waals surface area (Å²) in [6.07, 6.45) is -0.554. The summed E-state index contributed by atoms with van der Waals surface area (Å²) in [4.78, 5) is 50.3. The fourth-order valence-corrected chi connectivity index (χ4v) is 3.42. The molecule has 10 heteroatoms. The second kappa shape index (κ2) is 7.37. The third kappa shape index (κ3) is 3.48. The first-order chi connectivity index (χ1) is 17.5. The fourth-order valence-electron chi connectivity index (χ4n) is 3.42. The molecule has 3 aliphatic heterocycles. The van der Waals surface area contributed by atoms with Gasteiger partial charge in [0.25, 0.3) is 11.8 Å². The molecule has 0 radical (unpaired) electrons. The summed E-state index contributed by atoms with van der Waals surface area (Å²) in [6, 6.07) is -1.11. The van der Waals surface area contributed by atoms with Crippen LogP contribution in [0.1, 0.15) is 65.3 Å². The normalized spacial score (nSPS) is 33.1. The average molecular weight is 442 g/mol. The number of hydrogen-bond acceptors (Lipinski definition) is 6. The number of imide groups is 2. The van der Waals surface area contributed by atoms with Gasteiger partial charge in [-0.1, -0.05) is 0 Å². The number of halogens is 2. The topological polar surface area (TPSA) is 90.0 Å². The van der Waals surface area contributed by atoms with Gasteiger partial charge in [-0.2, -0.15) is 0 Å². The van der Waals surface area contributed by atoms with E-state index in [-0.39, 0.29) is 17.7 Å². The zero-order valence-electron chi connectivity index (χ0n) is 24.8. The summed E-state index contributed by atoms with van der Waals surface area (Å²) >= 11 is 0. The van der Waals surface area contributed by atoms with Gasteiger partial charge in [0.15, 0.2) is 11.6 Å². The predicted molar refractivity (Wildman–Crippen MR) is 107 cm³/mol. The Bertz CT molecular complexity index is 1310. The molecule has 3 heterocycles. The second-order valence-corrected chi connectivity index (χ2v) is 8.18. The lowest BCUT2D eigenvalue weighted by molar-refractivity contribution is -0.136. The van der Waals surface area contributed by atoms with Crippen molar-refractivity contribution in [2.45, 2.75) is 45.2 Å². The van der Waals surface area contributed by atoms with Crippen LogP contribution in [-0.2, 0) is 9.59 Å². The molecule has 0 aliphatic carbocycles. The Labute approximate surface area is 189 Å². The molecule has 2 fully saturated rings. The lowest BCUT2D eigenvalue weighted by atomic mass is 10.0. The van der Waals surface area contributed by atoms with Gasteiger partial charge < -0.3 is 4.90 Å². The number of benzene rings is 1. The van der Waals surface area contributed by atoms with Crippen molar-refractivity contribution < 1.29 is 38.9 Å². The Morgan fingerprint density at radius 3 is 2.26 bits per heavy atom. The van der Waals surface area contributed by atoms with Crippen molar-refractivity contribution in [3.8, 4) is 0 Å². The third-order valence-corrected chi connectivity index (χ3v) is 5.05. The minimum atomic E-state index is -3.58. The first-order valence-corrected chi connectivity index (χ1v) is 9.37. The summed E-state index contributed by atoms with van der Waals surface area (Å²) < 4.78 is 98.8. The van der Waals surface area contributed by atoms with Gasteiger partial charge >= 0.3 is 0 Å². The summed E-state index contributed by atoms with van der Waals surface area (Å²) in [5.74, 6) is -8.47. The van der Waals surface area contributed by atoms with E-state index in [9.17, 15) is 19.2 Å². The number of nitrogens with zero attached hydrogens (tertiary/aromatic N) is 3. The van der Waals surface area contributed by atoms with Crippen LogP contribution >= 0.6 is 0 Å². The Morgan fingerprint density at radius 2 is 1.68 bits per heavy atom. The molecule has 0 saturated carbocycles. The lowest BCUT2D eigenvalue weighted by Gasteiger charge is -2.43. The molecule has 166 valence electrons. The van der Waals surface area contributed by atoms with Crippen molar-refractivity contribution >= 4 is 29.3 Å². The number of amides is 4. The van der Waals surface area contributed by atoms with E-state index in [1.807, 2.05) is 5.32 Å². The van der Waals surface area contributed by atoms with E-state index in [2.05, 4.69) is 0 Å². The Morgan fingerprint density at radius 1 is 1.03 bits per heavy atom. The van der Waals surface area contributed by atoms with E-state index in [0.717, 1.165) is 0 Å². The van der Waals surface area contributed by atoms with E-state index in [0.29, 0.717) is 15.9 Å². The summed E-state index contributed by atoms with van der Waals surface area (Å²) in [5.41, 5.74) is -4.85. The number of fused-ring (bicyclic) bond motifs is 1. The standard InChI is InChI=1S/C21H24F2N4O4/c1-21(2,3)26-8-6-25(7-9-26)13-10-11-15(17(23)16(13)22)20(31)27(19(11)30)12-4-5-14(28)24-18(12)29/h10,12H,4-9H2,1-3H3,(H,24,28,29)/t12-/m1/s1/i6D2,7D2,8D2,9D2. The molecule has 1 aromatic rings. The van der Waals surface area contributed by atoms with Gasteiger partial charge in [-0.25, -0.2) is 8.78 Å². The van der Waals surface area contributed by atoms with Crippen LogP contribution in [0, 0.1) is 11.6 Å². The van der Waals surface area contributed by atoms with Gasteiger partial charge in [0.05, 0.1) is 22.3 Å². The van der Waals surface area contributed by atoms with Crippen LogP contribution in [0.3, 0.4) is 0 Å².